The summed E-state index contributed by atoms with van der Waals surface area (Å²) in [6.45, 7) is 4.53. The Morgan fingerprint density at radius 2 is 2.04 bits per heavy atom. The van der Waals surface area contributed by atoms with Crippen molar-refractivity contribution in [2.75, 3.05) is 13.7 Å². The monoisotopic (exact) mass is 375 g/mol. The highest BCUT2D eigenvalue weighted by Gasteiger charge is 2.27. The van der Waals surface area contributed by atoms with Gasteiger partial charge in [-0.2, -0.15) is 0 Å². The lowest BCUT2D eigenvalue weighted by atomic mass is 9.89. The summed E-state index contributed by atoms with van der Waals surface area (Å²) in [4.78, 5) is 9.00. The van der Waals surface area contributed by atoms with E-state index in [1.165, 1.54) is 12.1 Å². The lowest BCUT2D eigenvalue weighted by molar-refractivity contribution is 0.181. The fourth-order valence-electron chi connectivity index (χ4n) is 3.38. The number of fused-ring (bicyclic) bond motifs is 2. The molecule has 1 N–H and O–H groups in total. The molecule has 0 spiro atoms. The predicted molar refractivity (Wildman–Crippen MR) is 105 cm³/mol. The average molecular weight is 376 g/mol. The van der Waals surface area contributed by atoms with Crippen LogP contribution in [0.25, 0.3) is 0 Å². The van der Waals surface area contributed by atoms with E-state index in [0.717, 1.165) is 28.1 Å². The first-order valence-electron chi connectivity index (χ1n) is 8.66. The van der Waals surface area contributed by atoms with Crippen molar-refractivity contribution in [1.82, 2.24) is 5.32 Å². The maximum atomic E-state index is 13.3. The molecule has 0 aromatic heterocycles. The van der Waals surface area contributed by atoms with Crippen molar-refractivity contribution < 1.29 is 9.13 Å². The molecule has 2 unspecified atom stereocenters. The molecule has 1 aromatic carbocycles. The molecule has 2 aliphatic rings. The third-order valence-electron chi connectivity index (χ3n) is 4.74. The zero-order valence-corrected chi connectivity index (χ0v) is 15.9. The summed E-state index contributed by atoms with van der Waals surface area (Å²) in [6, 6.07) is 6.55. The van der Waals surface area contributed by atoms with Crippen LogP contribution in [0.1, 0.15) is 31.7 Å². The van der Waals surface area contributed by atoms with Gasteiger partial charge in [0.2, 0.25) is 0 Å². The Balaban J connectivity index is 1.92. The number of benzene rings is 1. The molecule has 0 saturated heterocycles. The number of aliphatic imine (C=N–C) groups is 2. The number of halogens is 2. The fraction of sp³-hybridized carbons (Fsp3) is 0.400. The molecule has 26 heavy (non-hydrogen) atoms. The molecule has 3 atom stereocenters. The number of rotatable bonds is 6. The first-order valence-corrected chi connectivity index (χ1v) is 9.10. The standard InChI is InChI=1S/C20H23ClFN3O/c1-12-17(13(2)21)9-19-24-11-23-18(20(12)25-19)8-15(10-26-3)14-4-6-16(22)7-5-14/h4-7,9,11,13,15,19,25H,8,10H2,1-3H3/t13?,15?,19-/m0/s1. The number of dihydropyridines is 1. The van der Waals surface area contributed by atoms with E-state index in [4.69, 9.17) is 16.3 Å². The van der Waals surface area contributed by atoms with E-state index >= 15 is 0 Å². The molecule has 3 rings (SSSR count). The highest BCUT2D eigenvalue weighted by atomic mass is 35.5. The molecule has 2 bridgehead atoms. The summed E-state index contributed by atoms with van der Waals surface area (Å²) in [6.07, 6.45) is 4.14. The van der Waals surface area contributed by atoms with Gasteiger partial charge < -0.3 is 10.1 Å². The molecule has 1 aromatic rings. The molecule has 0 radical (unpaired) electrons. The zero-order chi connectivity index (χ0) is 18.7. The van der Waals surface area contributed by atoms with Crippen LogP contribution in [-0.2, 0) is 4.74 Å². The second kappa shape index (κ2) is 8.14. The number of hydrogen-bond acceptors (Lipinski definition) is 4. The van der Waals surface area contributed by atoms with Gasteiger partial charge in [-0.05, 0) is 48.8 Å². The summed E-state index contributed by atoms with van der Waals surface area (Å²) in [5, 5.41) is 3.32. The van der Waals surface area contributed by atoms with Gasteiger partial charge in [-0.1, -0.05) is 12.1 Å². The summed E-state index contributed by atoms with van der Waals surface area (Å²) in [7, 11) is 1.67. The van der Waals surface area contributed by atoms with E-state index in [1.807, 2.05) is 19.9 Å². The van der Waals surface area contributed by atoms with E-state index in [9.17, 15) is 4.39 Å². The van der Waals surface area contributed by atoms with Crippen LogP contribution < -0.4 is 5.32 Å². The first kappa shape index (κ1) is 18.8. The van der Waals surface area contributed by atoms with Crippen molar-refractivity contribution in [3.8, 4) is 0 Å². The summed E-state index contributed by atoms with van der Waals surface area (Å²) < 4.78 is 18.7. The Kier molecular flexibility index (Phi) is 5.89. The number of ether oxygens (including phenoxy) is 1. The van der Waals surface area contributed by atoms with Crippen molar-refractivity contribution in [2.45, 2.75) is 37.7 Å². The Morgan fingerprint density at radius 1 is 1.31 bits per heavy atom. The van der Waals surface area contributed by atoms with Crippen LogP contribution in [0, 0.1) is 5.82 Å². The molecule has 4 nitrogen and oxygen atoms in total. The SMILES string of the molecule is COCC(CC1=NC=N[C@@H]2C=C(C(C)Cl)C(C)=C1N2)c1ccc(F)cc1. The van der Waals surface area contributed by atoms with Crippen LogP contribution in [0.5, 0.6) is 0 Å². The van der Waals surface area contributed by atoms with Gasteiger partial charge in [0, 0.05) is 19.4 Å². The van der Waals surface area contributed by atoms with Crippen LogP contribution in [0.4, 0.5) is 4.39 Å². The zero-order valence-electron chi connectivity index (χ0n) is 15.2. The Morgan fingerprint density at radius 3 is 2.69 bits per heavy atom. The smallest absolute Gasteiger partial charge is 0.140 e. The van der Waals surface area contributed by atoms with Gasteiger partial charge in [-0.3, -0.25) is 0 Å². The van der Waals surface area contributed by atoms with Crippen molar-refractivity contribution >= 4 is 23.7 Å². The van der Waals surface area contributed by atoms with E-state index in [2.05, 4.69) is 15.3 Å². The van der Waals surface area contributed by atoms with Crippen LogP contribution in [0.3, 0.4) is 0 Å². The molecule has 0 amide bonds. The number of nitrogens with one attached hydrogen (secondary N) is 1. The van der Waals surface area contributed by atoms with Gasteiger partial charge in [-0.25, -0.2) is 14.4 Å². The quantitative estimate of drug-likeness (QED) is 0.758. The van der Waals surface area contributed by atoms with Gasteiger partial charge in [0.1, 0.15) is 18.3 Å². The number of alkyl halides is 1. The van der Waals surface area contributed by atoms with E-state index in [0.29, 0.717) is 13.0 Å². The van der Waals surface area contributed by atoms with Crippen LogP contribution >= 0.6 is 11.6 Å². The van der Waals surface area contributed by atoms with Gasteiger partial charge >= 0.3 is 0 Å². The third-order valence-corrected chi connectivity index (χ3v) is 4.98. The second-order valence-electron chi connectivity index (χ2n) is 6.58. The number of nitrogens with zero attached hydrogens (tertiary/aromatic N) is 2. The molecule has 138 valence electrons. The number of allylic oxidation sites excluding steroid dienone is 3. The van der Waals surface area contributed by atoms with Crippen molar-refractivity contribution in [1.29, 1.82) is 0 Å². The van der Waals surface area contributed by atoms with Crippen LogP contribution in [-0.4, -0.2) is 37.3 Å². The van der Waals surface area contributed by atoms with Crippen LogP contribution in [0.15, 0.2) is 57.2 Å². The minimum atomic E-state index is -0.245. The first-order chi connectivity index (χ1) is 12.5. The Hall–Kier alpha value is -1.98. The maximum Gasteiger partial charge on any atom is 0.140 e. The largest absolute Gasteiger partial charge is 0.384 e. The molecular weight excluding hydrogens is 353 g/mol. The van der Waals surface area contributed by atoms with E-state index in [-0.39, 0.29) is 23.3 Å². The maximum absolute atomic E-state index is 13.3. The second-order valence-corrected chi connectivity index (χ2v) is 7.23. The Bertz CT molecular complexity index is 781. The number of hydrogen-bond donors (Lipinski definition) is 1. The lowest BCUT2D eigenvalue weighted by Gasteiger charge is -2.27. The molecule has 2 aliphatic heterocycles. The summed E-state index contributed by atoms with van der Waals surface area (Å²) in [5.41, 5.74) is 5.05. The average Bonchev–Trinajstić information content (AvgIpc) is 2.78. The molecule has 0 saturated carbocycles. The number of methoxy groups -OCH3 is 1. The van der Waals surface area contributed by atoms with E-state index < -0.39 is 0 Å². The third kappa shape index (κ3) is 4.05. The van der Waals surface area contributed by atoms with Crippen LogP contribution in [0.2, 0.25) is 0 Å². The molecule has 2 heterocycles. The fourth-order valence-corrected chi connectivity index (χ4v) is 3.62. The minimum Gasteiger partial charge on any atom is -0.384 e. The normalized spacial score (nSPS) is 21.5. The predicted octanol–water partition coefficient (Wildman–Crippen LogP) is 4.19. The van der Waals surface area contributed by atoms with Gasteiger partial charge in [0.25, 0.3) is 0 Å². The highest BCUT2D eigenvalue weighted by molar-refractivity contribution is 6.22. The minimum absolute atomic E-state index is 0.0641. The molecular formula is C20H23ClFN3O. The van der Waals surface area contributed by atoms with Gasteiger partial charge in [-0.15, -0.1) is 11.6 Å². The Labute approximate surface area is 158 Å². The van der Waals surface area contributed by atoms with Gasteiger partial charge in [0.05, 0.1) is 23.4 Å². The van der Waals surface area contributed by atoms with Crippen molar-refractivity contribution in [3.63, 3.8) is 0 Å². The summed E-state index contributed by atoms with van der Waals surface area (Å²) in [5.74, 6) is -0.181. The van der Waals surface area contributed by atoms with Crippen molar-refractivity contribution in [3.05, 3.63) is 58.6 Å². The molecule has 0 aliphatic carbocycles. The van der Waals surface area contributed by atoms with Gasteiger partial charge in [0.15, 0.2) is 0 Å². The topological polar surface area (TPSA) is 46.0 Å². The van der Waals surface area contributed by atoms with Crippen molar-refractivity contribution in [2.24, 2.45) is 9.98 Å². The highest BCUT2D eigenvalue weighted by Crippen LogP contribution is 2.30. The lowest BCUT2D eigenvalue weighted by Crippen LogP contribution is -2.34. The molecule has 6 heteroatoms. The van der Waals surface area contributed by atoms with E-state index in [1.54, 1.807) is 25.6 Å². The molecule has 0 fully saturated rings. The summed E-state index contributed by atoms with van der Waals surface area (Å²) >= 11 is 6.35.